The lowest BCUT2D eigenvalue weighted by molar-refractivity contribution is -0.212. The molecule has 4 fully saturated rings. The van der Waals surface area contributed by atoms with Gasteiger partial charge in [-0.05, 0) is 0 Å². The third kappa shape index (κ3) is 0.465. The van der Waals surface area contributed by atoms with Crippen LogP contribution in [0.1, 0.15) is 0 Å². The summed E-state index contributed by atoms with van der Waals surface area (Å²) in [7, 11) is 0. The van der Waals surface area contributed by atoms with Crippen LogP contribution in [0.4, 0.5) is 0 Å². The molecule has 4 rings (SSSR count). The molecule has 5 heteroatoms. The minimum Gasteiger partial charge on any atom is -0.371 e. The third-order valence-corrected chi connectivity index (χ3v) is 2.32. The molecule has 4 aliphatic heterocycles. The summed E-state index contributed by atoms with van der Waals surface area (Å²) in [6, 6.07) is 0. The van der Waals surface area contributed by atoms with Gasteiger partial charge in [0.25, 0.3) is 0 Å². The van der Waals surface area contributed by atoms with Crippen LogP contribution in [0.5, 0.6) is 0 Å². The molecule has 0 spiro atoms. The van der Waals surface area contributed by atoms with E-state index < -0.39 is 11.8 Å². The zero-order valence-corrected chi connectivity index (χ0v) is 5.61. The fraction of sp³-hybridized carbons (Fsp3) is 1.00. The summed E-state index contributed by atoms with van der Waals surface area (Å²) < 4.78 is 25.5. The Hall–Kier alpha value is -0.200. The maximum Gasteiger partial charge on any atom is 0.354 e. The van der Waals surface area contributed by atoms with E-state index in [0.717, 1.165) is 6.61 Å². The standard InChI is InChI=1S/C6H6O5/c1-3(7-1)2-8-4-5-6(9-4,10-5)11-5/h3-4H,1-2H2. The van der Waals surface area contributed by atoms with E-state index >= 15 is 0 Å². The molecule has 0 aromatic rings. The Kier molecular flexibility index (Phi) is 0.611. The smallest absolute Gasteiger partial charge is 0.354 e. The van der Waals surface area contributed by atoms with Crippen molar-refractivity contribution in [1.82, 2.24) is 0 Å². The van der Waals surface area contributed by atoms with Crippen LogP contribution in [0.25, 0.3) is 0 Å². The van der Waals surface area contributed by atoms with Crippen LogP contribution in [-0.2, 0) is 23.7 Å². The van der Waals surface area contributed by atoms with Gasteiger partial charge in [0.05, 0.1) is 13.2 Å². The lowest BCUT2D eigenvalue weighted by atomic mass is 10.3. The molecular weight excluding hydrogens is 152 g/mol. The van der Waals surface area contributed by atoms with Crippen LogP contribution in [0.15, 0.2) is 0 Å². The Balaban J connectivity index is 1.38. The summed E-state index contributed by atoms with van der Waals surface area (Å²) in [6.07, 6.45) is -0.0470. The zero-order valence-electron chi connectivity index (χ0n) is 5.61. The topological polar surface area (TPSA) is 56.0 Å². The molecule has 0 bridgehead atoms. The fourth-order valence-corrected chi connectivity index (χ4v) is 1.39. The van der Waals surface area contributed by atoms with Crippen molar-refractivity contribution in [2.75, 3.05) is 13.2 Å². The normalized spacial score (nSPS) is 67.6. The molecule has 2 atom stereocenters. The van der Waals surface area contributed by atoms with Gasteiger partial charge in [-0.15, -0.1) is 0 Å². The summed E-state index contributed by atoms with van der Waals surface area (Å²) in [6.45, 7) is 1.38. The van der Waals surface area contributed by atoms with Crippen molar-refractivity contribution in [3.8, 4) is 0 Å². The van der Waals surface area contributed by atoms with E-state index in [2.05, 4.69) is 0 Å². The summed E-state index contributed by atoms with van der Waals surface area (Å²) in [5.41, 5.74) is 0. The van der Waals surface area contributed by atoms with E-state index in [1.165, 1.54) is 0 Å². The Labute approximate surface area is 62.1 Å². The third-order valence-electron chi connectivity index (χ3n) is 2.32. The Bertz CT molecular complexity index is 229. The van der Waals surface area contributed by atoms with E-state index in [1.807, 2.05) is 0 Å². The highest BCUT2D eigenvalue weighted by molar-refractivity contribution is 5.22. The molecule has 4 aliphatic rings. The first-order valence-corrected chi connectivity index (χ1v) is 3.66. The Morgan fingerprint density at radius 3 is 2.73 bits per heavy atom. The molecule has 0 N–H and O–H groups in total. The van der Waals surface area contributed by atoms with Gasteiger partial charge in [-0.1, -0.05) is 0 Å². The van der Waals surface area contributed by atoms with Crippen LogP contribution in [0, 0.1) is 0 Å². The van der Waals surface area contributed by atoms with Gasteiger partial charge in [0.15, 0.2) is 0 Å². The summed E-state index contributed by atoms with van der Waals surface area (Å²) in [5, 5.41) is 0. The lowest BCUT2D eigenvalue weighted by Crippen LogP contribution is -2.37. The number of rotatable bonds is 3. The fourth-order valence-electron chi connectivity index (χ4n) is 1.39. The van der Waals surface area contributed by atoms with E-state index in [-0.39, 0.29) is 12.4 Å². The SMILES string of the molecule is C1OC1COC1OC23OC12O3. The minimum atomic E-state index is -0.651. The van der Waals surface area contributed by atoms with Crippen molar-refractivity contribution < 1.29 is 23.7 Å². The maximum absolute atomic E-state index is 5.30. The molecule has 0 saturated carbocycles. The largest absolute Gasteiger partial charge is 0.371 e. The quantitative estimate of drug-likeness (QED) is 0.501. The maximum atomic E-state index is 5.30. The van der Waals surface area contributed by atoms with Crippen molar-refractivity contribution in [3.63, 3.8) is 0 Å². The van der Waals surface area contributed by atoms with Crippen LogP contribution >= 0.6 is 0 Å². The van der Waals surface area contributed by atoms with E-state index in [0.29, 0.717) is 6.61 Å². The number of hydrogen-bond acceptors (Lipinski definition) is 5. The molecule has 0 aromatic heterocycles. The van der Waals surface area contributed by atoms with Crippen molar-refractivity contribution in [1.29, 1.82) is 0 Å². The second kappa shape index (κ2) is 1.23. The second-order valence-corrected chi connectivity index (χ2v) is 3.17. The molecule has 0 aliphatic carbocycles. The van der Waals surface area contributed by atoms with Gasteiger partial charge in [-0.25, -0.2) is 0 Å². The van der Waals surface area contributed by atoms with Crippen LogP contribution in [0.2, 0.25) is 0 Å². The average Bonchev–Trinajstić information content (AvgIpc) is 2.72. The van der Waals surface area contributed by atoms with Gasteiger partial charge < -0.3 is 9.47 Å². The van der Waals surface area contributed by atoms with E-state index in [4.69, 9.17) is 23.7 Å². The van der Waals surface area contributed by atoms with Crippen LogP contribution in [-0.4, -0.2) is 37.4 Å². The molecule has 4 heterocycles. The Morgan fingerprint density at radius 1 is 1.45 bits per heavy atom. The second-order valence-electron chi connectivity index (χ2n) is 3.17. The van der Waals surface area contributed by atoms with Gasteiger partial charge in [-0.2, -0.15) is 0 Å². The monoisotopic (exact) mass is 158 g/mol. The molecule has 4 saturated heterocycles. The van der Waals surface area contributed by atoms with E-state index in [9.17, 15) is 0 Å². The molecule has 60 valence electrons. The minimum absolute atomic E-state index is 0.266. The molecule has 0 aromatic carbocycles. The molecule has 0 radical (unpaired) electrons. The molecule has 2 unspecified atom stereocenters. The van der Waals surface area contributed by atoms with Gasteiger partial charge >= 0.3 is 11.8 Å². The van der Waals surface area contributed by atoms with Crippen molar-refractivity contribution in [2.45, 2.75) is 24.2 Å². The van der Waals surface area contributed by atoms with Crippen molar-refractivity contribution >= 4 is 0 Å². The first-order chi connectivity index (χ1) is 5.35. The summed E-state index contributed by atoms with van der Waals surface area (Å²) >= 11 is 0. The number of hydrogen-bond donors (Lipinski definition) is 0. The number of epoxide rings is 3. The zero-order chi connectivity index (χ0) is 7.10. The highest BCUT2D eigenvalue weighted by Crippen LogP contribution is 2.79. The Morgan fingerprint density at radius 2 is 2.27 bits per heavy atom. The van der Waals surface area contributed by atoms with Gasteiger partial charge in [0.1, 0.15) is 6.10 Å². The average molecular weight is 158 g/mol. The predicted octanol–water partition coefficient (Wildman–Crippen LogP) is -0.831. The predicted molar refractivity (Wildman–Crippen MR) is 28.2 cm³/mol. The number of ether oxygens (including phenoxy) is 5. The van der Waals surface area contributed by atoms with Crippen molar-refractivity contribution in [2.24, 2.45) is 0 Å². The molecule has 11 heavy (non-hydrogen) atoms. The summed E-state index contributed by atoms with van der Waals surface area (Å²) in [5.74, 6) is -1.13. The van der Waals surface area contributed by atoms with Gasteiger partial charge in [0, 0.05) is 0 Å². The van der Waals surface area contributed by atoms with Gasteiger partial charge in [-0.3, -0.25) is 14.2 Å². The first kappa shape index (κ1) is 5.45. The molecule has 5 nitrogen and oxygen atoms in total. The first-order valence-electron chi connectivity index (χ1n) is 3.66. The highest BCUT2D eigenvalue weighted by atomic mass is 17.2. The lowest BCUT2D eigenvalue weighted by Gasteiger charge is -2.15. The molecular formula is C6H6O5. The summed E-state index contributed by atoms with van der Waals surface area (Å²) in [4.78, 5) is 0. The van der Waals surface area contributed by atoms with Gasteiger partial charge in [0.2, 0.25) is 6.29 Å². The van der Waals surface area contributed by atoms with Crippen molar-refractivity contribution in [3.05, 3.63) is 0 Å². The van der Waals surface area contributed by atoms with Crippen LogP contribution < -0.4 is 0 Å². The highest BCUT2D eigenvalue weighted by Gasteiger charge is 3.07. The van der Waals surface area contributed by atoms with Crippen LogP contribution in [0.3, 0.4) is 0 Å². The molecule has 0 amide bonds. The van der Waals surface area contributed by atoms with E-state index in [1.54, 1.807) is 0 Å².